The van der Waals surface area contributed by atoms with E-state index in [0.717, 1.165) is 66.1 Å². The van der Waals surface area contributed by atoms with E-state index in [-0.39, 0.29) is 5.75 Å². The predicted molar refractivity (Wildman–Crippen MR) is 162 cm³/mol. The predicted octanol–water partition coefficient (Wildman–Crippen LogP) is 8.74. The molecule has 0 saturated carbocycles. The van der Waals surface area contributed by atoms with Crippen molar-refractivity contribution in [2.45, 2.75) is 32.4 Å². The maximum absolute atomic E-state index is 13.7. The molecule has 0 aliphatic rings. The summed E-state index contributed by atoms with van der Waals surface area (Å²) in [4.78, 5) is 11.1. The van der Waals surface area contributed by atoms with E-state index in [2.05, 4.69) is 16.8 Å². The van der Waals surface area contributed by atoms with E-state index < -0.39 is 17.6 Å². The average Bonchev–Trinajstić information content (AvgIpc) is 3.45. The van der Waals surface area contributed by atoms with Gasteiger partial charge in [0, 0.05) is 49.0 Å². The lowest BCUT2D eigenvalue weighted by Gasteiger charge is -2.19. The monoisotopic (exact) mass is 604 g/mol. The minimum atomic E-state index is -4.81. The zero-order valence-electron chi connectivity index (χ0n) is 24.4. The molecule has 0 aliphatic heterocycles. The Morgan fingerprint density at radius 1 is 0.864 bits per heavy atom. The van der Waals surface area contributed by atoms with Crippen molar-refractivity contribution in [1.82, 2.24) is 14.5 Å². The number of alkyl halides is 3. The molecule has 0 spiro atoms. The number of halogens is 4. The third kappa shape index (κ3) is 7.55. The van der Waals surface area contributed by atoms with Crippen molar-refractivity contribution < 1.29 is 27.0 Å². The molecule has 2 heterocycles. The van der Waals surface area contributed by atoms with Crippen LogP contribution >= 0.6 is 0 Å². The van der Waals surface area contributed by atoms with Gasteiger partial charge in [0.15, 0.2) is 0 Å². The largest absolute Gasteiger partial charge is 0.492 e. The lowest BCUT2D eigenvalue weighted by atomic mass is 10.1. The number of hydrogen-bond donors (Lipinski definition) is 0. The van der Waals surface area contributed by atoms with Crippen LogP contribution in [0.15, 0.2) is 97.5 Å². The molecule has 0 fully saturated rings. The zero-order valence-corrected chi connectivity index (χ0v) is 24.4. The molecule has 5 rings (SSSR count). The van der Waals surface area contributed by atoms with E-state index in [1.54, 1.807) is 24.5 Å². The van der Waals surface area contributed by atoms with Crippen molar-refractivity contribution in [3.05, 3.63) is 115 Å². The summed E-state index contributed by atoms with van der Waals surface area (Å²) in [7, 11) is 2.01. The van der Waals surface area contributed by atoms with Crippen LogP contribution in [-0.4, -0.2) is 34.7 Å². The van der Waals surface area contributed by atoms with Crippen molar-refractivity contribution in [1.29, 1.82) is 0 Å². The molecular formula is C34H32F4N4O2. The van der Waals surface area contributed by atoms with Crippen LogP contribution in [0.5, 0.6) is 17.2 Å². The Morgan fingerprint density at radius 2 is 1.55 bits per heavy atom. The number of aromatic nitrogens is 3. The van der Waals surface area contributed by atoms with Crippen molar-refractivity contribution >= 4 is 5.69 Å². The highest BCUT2D eigenvalue weighted by atomic mass is 19.4. The number of benzene rings is 3. The number of unbranched alkanes of at least 4 members (excludes halogenated alkanes) is 1. The first-order valence-electron chi connectivity index (χ1n) is 14.3. The maximum Gasteiger partial charge on any atom is 0.419 e. The van der Waals surface area contributed by atoms with Gasteiger partial charge >= 0.3 is 6.18 Å². The Hall–Kier alpha value is -4.86. The van der Waals surface area contributed by atoms with Gasteiger partial charge in [-0.1, -0.05) is 13.3 Å². The molecule has 0 amide bonds. The Bertz CT molecular complexity index is 1650. The van der Waals surface area contributed by atoms with Crippen LogP contribution in [0.25, 0.3) is 16.9 Å². The molecule has 3 aromatic carbocycles. The molecule has 10 heteroatoms. The van der Waals surface area contributed by atoms with E-state index in [9.17, 15) is 17.6 Å². The van der Waals surface area contributed by atoms with Gasteiger partial charge in [-0.2, -0.15) is 13.2 Å². The molecule has 2 aromatic heterocycles. The first-order chi connectivity index (χ1) is 21.2. The fraction of sp³-hybridized carbons (Fsp3) is 0.235. The normalized spacial score (nSPS) is 11.4. The fourth-order valence-corrected chi connectivity index (χ4v) is 4.64. The number of rotatable bonds is 12. The summed E-state index contributed by atoms with van der Waals surface area (Å²) in [6, 6.07) is 21.2. The molecule has 5 aromatic rings. The highest BCUT2D eigenvalue weighted by Crippen LogP contribution is 2.35. The van der Waals surface area contributed by atoms with Gasteiger partial charge in [0.2, 0.25) is 0 Å². The Labute approximate surface area is 253 Å². The second-order valence-electron chi connectivity index (χ2n) is 10.3. The van der Waals surface area contributed by atoms with E-state index in [1.165, 1.54) is 6.07 Å². The van der Waals surface area contributed by atoms with E-state index in [0.29, 0.717) is 18.4 Å². The highest BCUT2D eigenvalue weighted by molar-refractivity contribution is 5.61. The molecular weight excluding hydrogens is 572 g/mol. The minimum Gasteiger partial charge on any atom is -0.492 e. The SMILES string of the molecule is CCCCc1nc(-c2ccc(OCCN(C)c3ccncc3)cc2)cn1-c1ccc(Oc2ccc(F)c(C(F)(F)F)c2)cc1. The molecule has 0 atom stereocenters. The molecule has 6 nitrogen and oxygen atoms in total. The standard InChI is InChI=1S/C34H32F4N4O2/c1-3-4-5-33-40-32(24-6-10-27(11-7-24)43-21-20-41(2)25-16-18-39-19-17-25)23-42(33)26-8-12-28(13-9-26)44-29-14-15-31(35)30(22-29)34(36,37)38/h6-19,22-23H,3-5,20-21H2,1-2H3. The maximum atomic E-state index is 13.7. The quantitative estimate of drug-likeness (QED) is 0.133. The van der Waals surface area contributed by atoms with Crippen molar-refractivity contribution in [3.8, 4) is 34.2 Å². The van der Waals surface area contributed by atoms with Crippen LogP contribution in [0.1, 0.15) is 31.2 Å². The Balaban J connectivity index is 1.28. The molecule has 0 radical (unpaired) electrons. The molecule has 0 N–H and O–H groups in total. The number of likely N-dealkylation sites (N-methyl/N-ethyl adjacent to an activating group) is 1. The van der Waals surface area contributed by atoms with E-state index >= 15 is 0 Å². The van der Waals surface area contributed by atoms with Gasteiger partial charge in [0.05, 0.1) is 17.8 Å². The summed E-state index contributed by atoms with van der Waals surface area (Å²) < 4.78 is 66.5. The summed E-state index contributed by atoms with van der Waals surface area (Å²) in [6.45, 7) is 3.37. The number of aryl methyl sites for hydroxylation is 1. The first kappa shape index (κ1) is 30.6. The molecule has 0 unspecified atom stereocenters. The summed E-state index contributed by atoms with van der Waals surface area (Å²) >= 11 is 0. The lowest BCUT2D eigenvalue weighted by Crippen LogP contribution is -2.23. The van der Waals surface area contributed by atoms with Gasteiger partial charge in [-0.3, -0.25) is 4.98 Å². The van der Waals surface area contributed by atoms with Crippen LogP contribution in [0.4, 0.5) is 23.2 Å². The van der Waals surface area contributed by atoms with Crippen molar-refractivity contribution in [2.75, 3.05) is 25.1 Å². The second kappa shape index (κ2) is 13.6. The molecule has 0 aliphatic carbocycles. The van der Waals surface area contributed by atoms with Crippen LogP contribution in [-0.2, 0) is 12.6 Å². The molecule has 0 saturated heterocycles. The summed E-state index contributed by atoms with van der Waals surface area (Å²) in [5.74, 6) is 0.535. The van der Waals surface area contributed by atoms with Gasteiger partial charge in [-0.05, 0) is 85.3 Å². The average molecular weight is 605 g/mol. The van der Waals surface area contributed by atoms with E-state index in [4.69, 9.17) is 14.5 Å². The van der Waals surface area contributed by atoms with Crippen molar-refractivity contribution in [3.63, 3.8) is 0 Å². The van der Waals surface area contributed by atoms with Gasteiger partial charge in [0.1, 0.15) is 35.5 Å². The number of nitrogens with zero attached hydrogens (tertiary/aromatic N) is 4. The first-order valence-corrected chi connectivity index (χ1v) is 14.3. The summed E-state index contributed by atoms with van der Waals surface area (Å²) in [5.41, 5.74) is 2.29. The third-order valence-electron chi connectivity index (χ3n) is 7.08. The molecule has 0 bridgehead atoms. The topological polar surface area (TPSA) is 52.4 Å². The number of imidazole rings is 1. The zero-order chi connectivity index (χ0) is 31.1. The fourth-order valence-electron chi connectivity index (χ4n) is 4.64. The summed E-state index contributed by atoms with van der Waals surface area (Å²) in [6.07, 6.45) is 3.43. The Morgan fingerprint density at radius 3 is 2.23 bits per heavy atom. The molecule has 228 valence electrons. The van der Waals surface area contributed by atoms with Crippen LogP contribution in [0, 0.1) is 5.82 Å². The Kier molecular flexibility index (Phi) is 9.47. The van der Waals surface area contributed by atoms with Gasteiger partial charge in [0.25, 0.3) is 0 Å². The van der Waals surface area contributed by atoms with Crippen LogP contribution in [0.2, 0.25) is 0 Å². The van der Waals surface area contributed by atoms with Gasteiger partial charge in [-0.25, -0.2) is 9.37 Å². The van der Waals surface area contributed by atoms with Crippen LogP contribution in [0.3, 0.4) is 0 Å². The molecule has 44 heavy (non-hydrogen) atoms. The summed E-state index contributed by atoms with van der Waals surface area (Å²) in [5, 5.41) is 0. The number of pyridine rings is 1. The second-order valence-corrected chi connectivity index (χ2v) is 10.3. The van der Waals surface area contributed by atoms with Gasteiger partial charge < -0.3 is 18.9 Å². The van der Waals surface area contributed by atoms with E-state index in [1.807, 2.05) is 66.3 Å². The minimum absolute atomic E-state index is 0.104. The van der Waals surface area contributed by atoms with Gasteiger partial charge in [-0.15, -0.1) is 0 Å². The van der Waals surface area contributed by atoms with Crippen LogP contribution < -0.4 is 14.4 Å². The number of anilines is 1. The third-order valence-corrected chi connectivity index (χ3v) is 7.08. The smallest absolute Gasteiger partial charge is 0.419 e. The highest BCUT2D eigenvalue weighted by Gasteiger charge is 2.34. The number of hydrogen-bond acceptors (Lipinski definition) is 5. The number of ether oxygens (including phenoxy) is 2. The lowest BCUT2D eigenvalue weighted by molar-refractivity contribution is -0.140. The van der Waals surface area contributed by atoms with Crippen molar-refractivity contribution in [2.24, 2.45) is 0 Å².